The van der Waals surface area contributed by atoms with Gasteiger partial charge in [0.1, 0.15) is 0 Å². The van der Waals surface area contributed by atoms with E-state index in [1.807, 2.05) is 18.2 Å². The third-order valence-electron chi connectivity index (χ3n) is 2.34. The third kappa shape index (κ3) is 4.34. The molecule has 1 aromatic rings. The van der Waals surface area contributed by atoms with E-state index in [1.54, 1.807) is 17.8 Å². The SMILES string of the molecule is CSCC(C)NCC(O)c1ccccc1Cl. The molecule has 0 bridgehead atoms. The van der Waals surface area contributed by atoms with Gasteiger partial charge in [0, 0.05) is 28.9 Å². The number of benzene rings is 1. The summed E-state index contributed by atoms with van der Waals surface area (Å²) in [5.74, 6) is 1.04. The summed E-state index contributed by atoms with van der Waals surface area (Å²) in [5.41, 5.74) is 0.785. The second kappa shape index (κ2) is 7.17. The summed E-state index contributed by atoms with van der Waals surface area (Å²) in [6, 6.07) is 7.80. The zero-order chi connectivity index (χ0) is 12.0. The molecule has 2 unspecified atom stereocenters. The van der Waals surface area contributed by atoms with Crippen LogP contribution in [0.2, 0.25) is 5.02 Å². The van der Waals surface area contributed by atoms with E-state index in [2.05, 4.69) is 18.5 Å². The highest BCUT2D eigenvalue weighted by Gasteiger charge is 2.11. The van der Waals surface area contributed by atoms with Gasteiger partial charge in [-0.05, 0) is 19.2 Å². The summed E-state index contributed by atoms with van der Waals surface area (Å²) >= 11 is 7.79. The molecule has 4 heteroatoms. The van der Waals surface area contributed by atoms with Crippen molar-refractivity contribution in [1.82, 2.24) is 5.32 Å². The summed E-state index contributed by atoms with van der Waals surface area (Å²) in [6.07, 6.45) is 1.53. The second-order valence-electron chi connectivity index (χ2n) is 3.80. The average Bonchev–Trinajstić information content (AvgIpc) is 2.27. The molecule has 0 radical (unpaired) electrons. The molecular weight excluding hydrogens is 242 g/mol. The maximum atomic E-state index is 9.96. The molecule has 2 N–H and O–H groups in total. The maximum absolute atomic E-state index is 9.96. The lowest BCUT2D eigenvalue weighted by molar-refractivity contribution is 0.172. The van der Waals surface area contributed by atoms with Gasteiger partial charge in [0.2, 0.25) is 0 Å². The third-order valence-corrected chi connectivity index (χ3v) is 3.52. The summed E-state index contributed by atoms with van der Waals surface area (Å²) in [6.45, 7) is 2.64. The fourth-order valence-electron chi connectivity index (χ4n) is 1.48. The van der Waals surface area contributed by atoms with Crippen molar-refractivity contribution < 1.29 is 5.11 Å². The van der Waals surface area contributed by atoms with Crippen LogP contribution in [-0.2, 0) is 0 Å². The Bertz CT molecular complexity index is 322. The van der Waals surface area contributed by atoms with Crippen LogP contribution in [0.25, 0.3) is 0 Å². The van der Waals surface area contributed by atoms with Crippen molar-refractivity contribution in [3.05, 3.63) is 34.9 Å². The monoisotopic (exact) mass is 259 g/mol. The number of aliphatic hydroxyl groups is 1. The molecule has 2 nitrogen and oxygen atoms in total. The van der Waals surface area contributed by atoms with E-state index in [0.29, 0.717) is 17.6 Å². The quantitative estimate of drug-likeness (QED) is 0.824. The average molecular weight is 260 g/mol. The van der Waals surface area contributed by atoms with Gasteiger partial charge in [-0.15, -0.1) is 0 Å². The molecule has 0 heterocycles. The minimum Gasteiger partial charge on any atom is -0.387 e. The molecule has 1 rings (SSSR count). The van der Waals surface area contributed by atoms with E-state index in [4.69, 9.17) is 11.6 Å². The molecule has 16 heavy (non-hydrogen) atoms. The first kappa shape index (κ1) is 13.8. The zero-order valence-electron chi connectivity index (χ0n) is 9.61. The Labute approximate surface area is 106 Å². The highest BCUT2D eigenvalue weighted by atomic mass is 35.5. The van der Waals surface area contributed by atoms with Crippen LogP contribution in [0.5, 0.6) is 0 Å². The first-order valence-corrected chi connectivity index (χ1v) is 7.07. The molecule has 90 valence electrons. The van der Waals surface area contributed by atoms with Gasteiger partial charge in [0.05, 0.1) is 6.10 Å². The van der Waals surface area contributed by atoms with E-state index in [9.17, 15) is 5.11 Å². The van der Waals surface area contributed by atoms with E-state index in [-0.39, 0.29) is 0 Å². The Hall–Kier alpha value is -0.220. The van der Waals surface area contributed by atoms with Crippen molar-refractivity contribution in [3.8, 4) is 0 Å². The van der Waals surface area contributed by atoms with Crippen molar-refractivity contribution >= 4 is 23.4 Å². The Morgan fingerprint density at radius 1 is 1.44 bits per heavy atom. The largest absolute Gasteiger partial charge is 0.387 e. The number of aliphatic hydroxyl groups excluding tert-OH is 1. The molecule has 0 amide bonds. The van der Waals surface area contributed by atoms with Gasteiger partial charge in [-0.2, -0.15) is 11.8 Å². The van der Waals surface area contributed by atoms with Gasteiger partial charge in [0.15, 0.2) is 0 Å². The van der Waals surface area contributed by atoms with Crippen LogP contribution in [-0.4, -0.2) is 29.7 Å². The number of rotatable bonds is 6. The number of hydrogen-bond acceptors (Lipinski definition) is 3. The molecule has 1 aromatic carbocycles. The molecule has 0 fully saturated rings. The molecular formula is C12H18ClNOS. The minimum atomic E-state index is -0.544. The maximum Gasteiger partial charge on any atom is 0.0928 e. The van der Waals surface area contributed by atoms with Gasteiger partial charge < -0.3 is 10.4 Å². The minimum absolute atomic E-state index is 0.395. The van der Waals surface area contributed by atoms with Gasteiger partial charge in [0.25, 0.3) is 0 Å². The van der Waals surface area contributed by atoms with Gasteiger partial charge >= 0.3 is 0 Å². The molecule has 0 saturated heterocycles. The predicted molar refractivity (Wildman–Crippen MR) is 72.3 cm³/mol. The van der Waals surface area contributed by atoms with Crippen LogP contribution < -0.4 is 5.32 Å². The van der Waals surface area contributed by atoms with Gasteiger partial charge in [-0.3, -0.25) is 0 Å². The topological polar surface area (TPSA) is 32.3 Å². The summed E-state index contributed by atoms with van der Waals surface area (Å²) in [4.78, 5) is 0. The van der Waals surface area contributed by atoms with Crippen LogP contribution in [0.1, 0.15) is 18.6 Å². The fourth-order valence-corrected chi connectivity index (χ4v) is 2.36. The molecule has 0 saturated carbocycles. The zero-order valence-corrected chi connectivity index (χ0v) is 11.2. The van der Waals surface area contributed by atoms with Crippen molar-refractivity contribution in [2.75, 3.05) is 18.6 Å². The van der Waals surface area contributed by atoms with E-state index in [0.717, 1.165) is 11.3 Å². The molecule has 0 spiro atoms. The first-order chi connectivity index (χ1) is 7.65. The number of hydrogen-bond donors (Lipinski definition) is 2. The Kier molecular flexibility index (Phi) is 6.21. The van der Waals surface area contributed by atoms with Gasteiger partial charge in [-0.25, -0.2) is 0 Å². The number of nitrogens with one attached hydrogen (secondary N) is 1. The Morgan fingerprint density at radius 2 is 2.12 bits per heavy atom. The van der Waals surface area contributed by atoms with Crippen LogP contribution in [0.15, 0.2) is 24.3 Å². The second-order valence-corrected chi connectivity index (χ2v) is 5.12. The molecule has 2 atom stereocenters. The molecule has 0 aromatic heterocycles. The van der Waals surface area contributed by atoms with Crippen LogP contribution >= 0.6 is 23.4 Å². The standard InChI is InChI=1S/C12H18ClNOS/c1-9(8-16-2)14-7-12(15)10-5-3-4-6-11(10)13/h3-6,9,12,14-15H,7-8H2,1-2H3. The van der Waals surface area contributed by atoms with Crippen molar-refractivity contribution in [1.29, 1.82) is 0 Å². The van der Waals surface area contributed by atoms with Crippen LogP contribution in [0.4, 0.5) is 0 Å². The van der Waals surface area contributed by atoms with Crippen LogP contribution in [0.3, 0.4) is 0 Å². The highest BCUT2D eigenvalue weighted by Crippen LogP contribution is 2.21. The van der Waals surface area contributed by atoms with E-state index in [1.165, 1.54) is 0 Å². The predicted octanol–water partition coefficient (Wildman–Crippen LogP) is 2.71. The summed E-state index contributed by atoms with van der Waals surface area (Å²) in [7, 11) is 0. The lowest BCUT2D eigenvalue weighted by atomic mass is 10.1. The molecule has 0 aliphatic rings. The van der Waals surface area contributed by atoms with E-state index >= 15 is 0 Å². The van der Waals surface area contributed by atoms with Crippen LogP contribution in [0, 0.1) is 0 Å². The lowest BCUT2D eigenvalue weighted by Gasteiger charge is -2.17. The fraction of sp³-hybridized carbons (Fsp3) is 0.500. The van der Waals surface area contributed by atoms with Crippen molar-refractivity contribution in [3.63, 3.8) is 0 Å². The van der Waals surface area contributed by atoms with Gasteiger partial charge in [-0.1, -0.05) is 29.8 Å². The Morgan fingerprint density at radius 3 is 2.75 bits per heavy atom. The highest BCUT2D eigenvalue weighted by molar-refractivity contribution is 7.98. The summed E-state index contributed by atoms with van der Waals surface area (Å²) < 4.78 is 0. The van der Waals surface area contributed by atoms with E-state index < -0.39 is 6.10 Å². The normalized spacial score (nSPS) is 14.8. The first-order valence-electron chi connectivity index (χ1n) is 5.30. The number of thioether (sulfide) groups is 1. The summed E-state index contributed by atoms with van der Waals surface area (Å²) in [5, 5.41) is 13.9. The molecule has 0 aliphatic carbocycles. The van der Waals surface area contributed by atoms with Crippen molar-refractivity contribution in [2.24, 2.45) is 0 Å². The Balaban J connectivity index is 2.46. The smallest absolute Gasteiger partial charge is 0.0928 e. The molecule has 0 aliphatic heterocycles. The number of halogens is 1. The lowest BCUT2D eigenvalue weighted by Crippen LogP contribution is -2.32. The van der Waals surface area contributed by atoms with Crippen molar-refractivity contribution in [2.45, 2.75) is 19.1 Å².